The molecule has 1 aromatic rings. The molecule has 1 unspecified atom stereocenters. The molecule has 0 saturated carbocycles. The van der Waals surface area contributed by atoms with Gasteiger partial charge >= 0.3 is 5.97 Å². The van der Waals surface area contributed by atoms with Gasteiger partial charge in [-0.05, 0) is 38.0 Å². The molecule has 1 atom stereocenters. The van der Waals surface area contributed by atoms with Gasteiger partial charge in [-0.1, -0.05) is 12.1 Å². The second-order valence-electron chi connectivity index (χ2n) is 4.49. The number of hydrogen-bond donors (Lipinski definition) is 2. The topological polar surface area (TPSA) is 75.6 Å². The second-order valence-corrected chi connectivity index (χ2v) is 4.49. The molecule has 2 N–H and O–H groups in total. The van der Waals surface area contributed by atoms with Crippen LogP contribution in [0.25, 0.3) is 0 Å². The van der Waals surface area contributed by atoms with E-state index < -0.39 is 12.0 Å². The molecule has 1 aromatic carbocycles. The summed E-state index contributed by atoms with van der Waals surface area (Å²) in [5, 5.41) is 11.0. The highest BCUT2D eigenvalue weighted by Gasteiger charge is 2.13. The van der Waals surface area contributed by atoms with Crippen LogP contribution in [-0.2, 0) is 9.59 Å². The first-order chi connectivity index (χ1) is 8.90. The van der Waals surface area contributed by atoms with Crippen LogP contribution in [0.1, 0.15) is 24.5 Å². The minimum atomic E-state index is -1.05. The summed E-state index contributed by atoms with van der Waals surface area (Å²) < 4.78 is 5.52. The number of carboxylic acids is 1. The van der Waals surface area contributed by atoms with Crippen LogP contribution in [0, 0.1) is 13.8 Å². The summed E-state index contributed by atoms with van der Waals surface area (Å²) in [5.74, 6) is -0.636. The lowest BCUT2D eigenvalue weighted by Crippen LogP contribution is -2.38. The Hall–Kier alpha value is -2.04. The third kappa shape index (κ3) is 4.99. The summed E-state index contributed by atoms with van der Waals surface area (Å²) in [4.78, 5) is 22.0. The van der Waals surface area contributed by atoms with Gasteiger partial charge in [0.2, 0.25) is 5.91 Å². The van der Waals surface area contributed by atoms with E-state index in [1.807, 2.05) is 32.0 Å². The van der Waals surface area contributed by atoms with E-state index >= 15 is 0 Å². The van der Waals surface area contributed by atoms with Crippen LogP contribution < -0.4 is 10.1 Å². The highest BCUT2D eigenvalue weighted by Crippen LogP contribution is 2.19. The number of amides is 1. The summed E-state index contributed by atoms with van der Waals surface area (Å²) in [6.07, 6.45) is 0.130. The predicted molar refractivity (Wildman–Crippen MR) is 71.3 cm³/mol. The number of carbonyl (C=O) groups excluding carboxylic acids is 1. The van der Waals surface area contributed by atoms with Crippen LogP contribution in [0.15, 0.2) is 18.2 Å². The summed E-state index contributed by atoms with van der Waals surface area (Å²) in [6, 6.07) is 4.97. The van der Waals surface area contributed by atoms with Gasteiger partial charge in [-0.15, -0.1) is 0 Å². The lowest BCUT2D eigenvalue weighted by atomic mass is 10.1. The maximum absolute atomic E-state index is 11.4. The first-order valence-electron chi connectivity index (χ1n) is 6.12. The van der Waals surface area contributed by atoms with Crippen molar-refractivity contribution in [3.63, 3.8) is 0 Å². The number of benzene rings is 1. The fraction of sp³-hybridized carbons (Fsp3) is 0.429. The van der Waals surface area contributed by atoms with Gasteiger partial charge in [0.15, 0.2) is 0 Å². The molecule has 0 bridgehead atoms. The van der Waals surface area contributed by atoms with E-state index in [9.17, 15) is 9.59 Å². The smallest absolute Gasteiger partial charge is 0.325 e. The summed E-state index contributed by atoms with van der Waals surface area (Å²) in [7, 11) is 0. The third-order valence-electron chi connectivity index (χ3n) is 2.68. The second kappa shape index (κ2) is 6.78. The Morgan fingerprint density at radius 3 is 2.68 bits per heavy atom. The summed E-state index contributed by atoms with van der Waals surface area (Å²) in [5.41, 5.74) is 2.09. The zero-order valence-electron chi connectivity index (χ0n) is 11.4. The molecular weight excluding hydrogens is 246 g/mol. The van der Waals surface area contributed by atoms with Crippen LogP contribution in [0.5, 0.6) is 5.75 Å². The fourth-order valence-corrected chi connectivity index (χ4v) is 1.49. The molecule has 0 fully saturated rings. The molecule has 1 amide bonds. The van der Waals surface area contributed by atoms with Gasteiger partial charge in [-0.3, -0.25) is 9.59 Å². The van der Waals surface area contributed by atoms with Crippen molar-refractivity contribution < 1.29 is 19.4 Å². The molecule has 0 radical (unpaired) electrons. The Bertz CT molecular complexity index is 471. The van der Waals surface area contributed by atoms with Crippen LogP contribution >= 0.6 is 0 Å². The number of hydrogen-bond acceptors (Lipinski definition) is 3. The standard InChI is InChI=1S/C14H19NO4/c1-9-4-5-10(2)12(8-9)19-7-6-13(16)15-11(3)14(17)18/h4-5,8,11H,6-7H2,1-3H3,(H,15,16)(H,17,18). The quantitative estimate of drug-likeness (QED) is 0.820. The maximum Gasteiger partial charge on any atom is 0.325 e. The van der Waals surface area contributed by atoms with Crippen molar-refractivity contribution in [3.8, 4) is 5.75 Å². The van der Waals surface area contributed by atoms with Crippen molar-refractivity contribution in [2.75, 3.05) is 6.61 Å². The number of rotatable bonds is 6. The molecule has 5 heteroatoms. The van der Waals surface area contributed by atoms with E-state index in [-0.39, 0.29) is 18.9 Å². The van der Waals surface area contributed by atoms with Crippen LogP contribution in [-0.4, -0.2) is 29.6 Å². The average Bonchev–Trinajstić information content (AvgIpc) is 2.33. The highest BCUT2D eigenvalue weighted by atomic mass is 16.5. The number of aliphatic carboxylic acids is 1. The Morgan fingerprint density at radius 2 is 2.05 bits per heavy atom. The number of aryl methyl sites for hydroxylation is 2. The van der Waals surface area contributed by atoms with E-state index in [1.54, 1.807) is 0 Å². The highest BCUT2D eigenvalue weighted by molar-refractivity contribution is 5.83. The Kier molecular flexibility index (Phi) is 5.36. The SMILES string of the molecule is Cc1ccc(C)c(OCCC(=O)NC(C)C(=O)O)c1. The minimum Gasteiger partial charge on any atom is -0.493 e. The molecule has 19 heavy (non-hydrogen) atoms. The van der Waals surface area contributed by atoms with Gasteiger partial charge in [0.1, 0.15) is 11.8 Å². The van der Waals surface area contributed by atoms with E-state index in [0.717, 1.165) is 16.9 Å². The summed E-state index contributed by atoms with van der Waals surface area (Å²) in [6.45, 7) is 5.54. The van der Waals surface area contributed by atoms with E-state index in [4.69, 9.17) is 9.84 Å². The zero-order chi connectivity index (χ0) is 14.4. The first-order valence-corrected chi connectivity index (χ1v) is 6.12. The van der Waals surface area contributed by atoms with Gasteiger partial charge in [-0.25, -0.2) is 0 Å². The van der Waals surface area contributed by atoms with Crippen LogP contribution in [0.3, 0.4) is 0 Å². The molecule has 0 saturated heterocycles. The Labute approximate surface area is 112 Å². The van der Waals surface area contributed by atoms with E-state index in [2.05, 4.69) is 5.32 Å². The van der Waals surface area contributed by atoms with Crippen molar-refractivity contribution in [1.82, 2.24) is 5.32 Å². The monoisotopic (exact) mass is 265 g/mol. The van der Waals surface area contributed by atoms with Crippen molar-refractivity contribution in [1.29, 1.82) is 0 Å². The molecule has 5 nitrogen and oxygen atoms in total. The largest absolute Gasteiger partial charge is 0.493 e. The van der Waals surface area contributed by atoms with E-state index in [1.165, 1.54) is 6.92 Å². The normalized spacial score (nSPS) is 11.7. The molecule has 104 valence electrons. The van der Waals surface area contributed by atoms with Gasteiger partial charge in [0, 0.05) is 0 Å². The van der Waals surface area contributed by atoms with Gasteiger partial charge in [-0.2, -0.15) is 0 Å². The lowest BCUT2D eigenvalue weighted by Gasteiger charge is -2.11. The fourth-order valence-electron chi connectivity index (χ4n) is 1.49. The Balaban J connectivity index is 2.40. The van der Waals surface area contributed by atoms with Crippen molar-refractivity contribution >= 4 is 11.9 Å². The Morgan fingerprint density at radius 1 is 1.37 bits per heavy atom. The zero-order valence-corrected chi connectivity index (χ0v) is 11.4. The molecule has 0 aromatic heterocycles. The maximum atomic E-state index is 11.4. The average molecular weight is 265 g/mol. The van der Waals surface area contributed by atoms with E-state index in [0.29, 0.717) is 0 Å². The molecule has 1 rings (SSSR count). The molecular formula is C14H19NO4. The van der Waals surface area contributed by atoms with Crippen molar-refractivity contribution in [3.05, 3.63) is 29.3 Å². The molecule has 0 heterocycles. The number of ether oxygens (including phenoxy) is 1. The van der Waals surface area contributed by atoms with Crippen LogP contribution in [0.4, 0.5) is 0 Å². The van der Waals surface area contributed by atoms with Gasteiger partial charge in [0.25, 0.3) is 0 Å². The number of nitrogens with one attached hydrogen (secondary N) is 1. The molecule has 0 spiro atoms. The van der Waals surface area contributed by atoms with Gasteiger partial charge in [0.05, 0.1) is 13.0 Å². The molecule has 0 aliphatic carbocycles. The van der Waals surface area contributed by atoms with Gasteiger partial charge < -0.3 is 15.2 Å². The summed E-state index contributed by atoms with van der Waals surface area (Å²) >= 11 is 0. The predicted octanol–water partition coefficient (Wildman–Crippen LogP) is 1.66. The van der Waals surface area contributed by atoms with Crippen molar-refractivity contribution in [2.45, 2.75) is 33.2 Å². The molecule has 0 aliphatic heterocycles. The van der Waals surface area contributed by atoms with Crippen LogP contribution in [0.2, 0.25) is 0 Å². The third-order valence-corrected chi connectivity index (χ3v) is 2.68. The number of carboxylic acid groups (broad SMARTS) is 1. The minimum absolute atomic E-state index is 0.130. The molecule has 0 aliphatic rings. The first kappa shape index (κ1) is 15.0. The van der Waals surface area contributed by atoms with Crippen molar-refractivity contribution in [2.24, 2.45) is 0 Å². The lowest BCUT2D eigenvalue weighted by molar-refractivity contribution is -0.141. The number of carbonyl (C=O) groups is 2.